The van der Waals surface area contributed by atoms with Gasteiger partial charge in [0.15, 0.2) is 0 Å². The summed E-state index contributed by atoms with van der Waals surface area (Å²) >= 11 is 0. The van der Waals surface area contributed by atoms with E-state index in [1.165, 1.54) is 0 Å². The molecule has 0 saturated carbocycles. The van der Waals surface area contributed by atoms with Crippen LogP contribution in [-0.2, 0) is 13.1 Å². The van der Waals surface area contributed by atoms with Crippen molar-refractivity contribution in [1.82, 2.24) is 4.90 Å². The van der Waals surface area contributed by atoms with Gasteiger partial charge in [-0.1, -0.05) is 0 Å². The zero-order valence-electron chi connectivity index (χ0n) is 12.0. The molecule has 0 saturated heterocycles. The van der Waals surface area contributed by atoms with Crippen molar-refractivity contribution in [3.05, 3.63) is 53.0 Å². The standard InChI is InChI=1S/C16H18N2O2/c1-12-4-6-15(20-12)11-18(2)10-14-8-13(9-17)5-7-16(14)19-3/h4-8H,10-11H2,1-3H3. The molecule has 0 radical (unpaired) electrons. The Labute approximate surface area is 119 Å². The van der Waals surface area contributed by atoms with Crippen molar-refractivity contribution in [3.63, 3.8) is 0 Å². The molecule has 0 aliphatic carbocycles. The molecule has 2 aromatic rings. The molecule has 2 rings (SSSR count). The quantitative estimate of drug-likeness (QED) is 0.837. The highest BCUT2D eigenvalue weighted by atomic mass is 16.5. The van der Waals surface area contributed by atoms with E-state index in [0.29, 0.717) is 18.7 Å². The van der Waals surface area contributed by atoms with E-state index in [0.717, 1.165) is 22.8 Å². The van der Waals surface area contributed by atoms with Crippen molar-refractivity contribution >= 4 is 0 Å². The van der Waals surface area contributed by atoms with Crippen LogP contribution in [0.1, 0.15) is 22.6 Å². The van der Waals surface area contributed by atoms with Crippen LogP contribution in [0.5, 0.6) is 5.75 Å². The second-order valence-corrected chi connectivity index (χ2v) is 4.82. The minimum atomic E-state index is 0.642. The molecule has 0 atom stereocenters. The minimum Gasteiger partial charge on any atom is -0.496 e. The van der Waals surface area contributed by atoms with Gasteiger partial charge in [-0.25, -0.2) is 0 Å². The molecule has 0 aliphatic heterocycles. The molecular formula is C16H18N2O2. The fourth-order valence-corrected chi connectivity index (χ4v) is 2.15. The van der Waals surface area contributed by atoms with Crippen LogP contribution < -0.4 is 4.74 Å². The number of aryl methyl sites for hydroxylation is 1. The number of hydrogen-bond donors (Lipinski definition) is 0. The molecule has 0 fully saturated rings. The lowest BCUT2D eigenvalue weighted by atomic mass is 10.1. The minimum absolute atomic E-state index is 0.642. The van der Waals surface area contributed by atoms with Crippen LogP contribution in [0.4, 0.5) is 0 Å². The summed E-state index contributed by atoms with van der Waals surface area (Å²) in [5, 5.41) is 8.98. The van der Waals surface area contributed by atoms with Gasteiger partial charge in [-0.2, -0.15) is 5.26 Å². The van der Waals surface area contributed by atoms with Gasteiger partial charge in [0.1, 0.15) is 17.3 Å². The van der Waals surface area contributed by atoms with Crippen LogP contribution in [-0.4, -0.2) is 19.1 Å². The third-order valence-corrected chi connectivity index (χ3v) is 3.07. The number of furan rings is 1. The van der Waals surface area contributed by atoms with E-state index in [2.05, 4.69) is 11.0 Å². The van der Waals surface area contributed by atoms with E-state index in [4.69, 9.17) is 14.4 Å². The molecule has 0 amide bonds. The van der Waals surface area contributed by atoms with Crippen molar-refractivity contribution in [2.45, 2.75) is 20.0 Å². The van der Waals surface area contributed by atoms with Gasteiger partial charge in [-0.3, -0.25) is 4.90 Å². The number of hydrogen-bond acceptors (Lipinski definition) is 4. The lowest BCUT2D eigenvalue weighted by molar-refractivity contribution is 0.280. The normalized spacial score (nSPS) is 10.6. The van der Waals surface area contributed by atoms with E-state index in [-0.39, 0.29) is 0 Å². The maximum atomic E-state index is 8.98. The maximum absolute atomic E-state index is 8.98. The van der Waals surface area contributed by atoms with Crippen LogP contribution in [0.2, 0.25) is 0 Å². The van der Waals surface area contributed by atoms with Crippen LogP contribution in [0.3, 0.4) is 0 Å². The van der Waals surface area contributed by atoms with E-state index in [9.17, 15) is 0 Å². The Morgan fingerprint density at radius 1 is 1.25 bits per heavy atom. The van der Waals surface area contributed by atoms with Crippen LogP contribution in [0.15, 0.2) is 34.7 Å². The highest BCUT2D eigenvalue weighted by Crippen LogP contribution is 2.22. The molecule has 0 spiro atoms. The second kappa shape index (κ2) is 6.27. The van der Waals surface area contributed by atoms with Gasteiger partial charge in [0.2, 0.25) is 0 Å². The molecule has 104 valence electrons. The fraction of sp³-hybridized carbons (Fsp3) is 0.312. The van der Waals surface area contributed by atoms with Gasteiger partial charge in [-0.15, -0.1) is 0 Å². The Bertz CT molecular complexity index is 626. The van der Waals surface area contributed by atoms with Crippen molar-refractivity contribution in [2.75, 3.05) is 14.2 Å². The van der Waals surface area contributed by atoms with Crippen LogP contribution in [0, 0.1) is 18.3 Å². The van der Waals surface area contributed by atoms with Gasteiger partial charge in [0.25, 0.3) is 0 Å². The van der Waals surface area contributed by atoms with E-state index >= 15 is 0 Å². The summed E-state index contributed by atoms with van der Waals surface area (Å²) < 4.78 is 10.9. The molecular weight excluding hydrogens is 252 g/mol. The lowest BCUT2D eigenvalue weighted by Crippen LogP contribution is -2.17. The van der Waals surface area contributed by atoms with Crippen molar-refractivity contribution in [2.24, 2.45) is 0 Å². The monoisotopic (exact) mass is 270 g/mol. The van der Waals surface area contributed by atoms with Crippen molar-refractivity contribution < 1.29 is 9.15 Å². The Balaban J connectivity index is 2.10. The topological polar surface area (TPSA) is 49.4 Å². The van der Waals surface area contributed by atoms with Gasteiger partial charge in [-0.05, 0) is 44.3 Å². The average Bonchev–Trinajstić information content (AvgIpc) is 2.83. The maximum Gasteiger partial charge on any atom is 0.123 e. The van der Waals surface area contributed by atoms with Gasteiger partial charge < -0.3 is 9.15 Å². The number of benzene rings is 1. The van der Waals surface area contributed by atoms with Gasteiger partial charge in [0, 0.05) is 12.1 Å². The van der Waals surface area contributed by atoms with E-state index in [1.807, 2.05) is 38.2 Å². The summed E-state index contributed by atoms with van der Waals surface area (Å²) in [7, 11) is 3.65. The van der Waals surface area contributed by atoms with E-state index < -0.39 is 0 Å². The first kappa shape index (κ1) is 14.2. The van der Waals surface area contributed by atoms with Crippen LogP contribution >= 0.6 is 0 Å². The smallest absolute Gasteiger partial charge is 0.123 e. The number of nitrogens with zero attached hydrogens (tertiary/aromatic N) is 2. The molecule has 0 bridgehead atoms. The summed E-state index contributed by atoms with van der Waals surface area (Å²) in [6.45, 7) is 3.34. The molecule has 0 N–H and O–H groups in total. The number of ether oxygens (including phenoxy) is 1. The second-order valence-electron chi connectivity index (χ2n) is 4.82. The number of rotatable bonds is 5. The molecule has 1 aromatic carbocycles. The Hall–Kier alpha value is -2.25. The van der Waals surface area contributed by atoms with Crippen LogP contribution in [0.25, 0.3) is 0 Å². The average molecular weight is 270 g/mol. The molecule has 4 nitrogen and oxygen atoms in total. The van der Waals surface area contributed by atoms with E-state index in [1.54, 1.807) is 13.2 Å². The molecule has 0 aliphatic rings. The van der Waals surface area contributed by atoms with Gasteiger partial charge >= 0.3 is 0 Å². The summed E-state index contributed by atoms with van der Waals surface area (Å²) in [4.78, 5) is 2.12. The predicted octanol–water partition coefficient (Wildman–Crippen LogP) is 3.10. The summed E-state index contributed by atoms with van der Waals surface area (Å²) in [5.74, 6) is 2.64. The highest BCUT2D eigenvalue weighted by Gasteiger charge is 2.09. The SMILES string of the molecule is COc1ccc(C#N)cc1CN(C)Cc1ccc(C)o1. The molecule has 20 heavy (non-hydrogen) atoms. The Kier molecular flexibility index (Phi) is 4.44. The first-order valence-corrected chi connectivity index (χ1v) is 6.43. The first-order valence-electron chi connectivity index (χ1n) is 6.43. The first-order chi connectivity index (χ1) is 9.62. The summed E-state index contributed by atoms with van der Waals surface area (Å²) in [5.41, 5.74) is 1.64. The van der Waals surface area contributed by atoms with Crippen molar-refractivity contribution in [3.8, 4) is 11.8 Å². The zero-order chi connectivity index (χ0) is 14.5. The zero-order valence-corrected chi connectivity index (χ0v) is 12.0. The Morgan fingerprint density at radius 3 is 2.65 bits per heavy atom. The molecule has 4 heteroatoms. The lowest BCUT2D eigenvalue weighted by Gasteiger charge is -2.17. The predicted molar refractivity (Wildman–Crippen MR) is 76.3 cm³/mol. The third kappa shape index (κ3) is 3.40. The summed E-state index contributed by atoms with van der Waals surface area (Å²) in [6, 6.07) is 11.5. The molecule has 1 heterocycles. The van der Waals surface area contributed by atoms with Crippen molar-refractivity contribution in [1.29, 1.82) is 5.26 Å². The molecule has 1 aromatic heterocycles. The third-order valence-electron chi connectivity index (χ3n) is 3.07. The molecule has 0 unspecified atom stereocenters. The highest BCUT2D eigenvalue weighted by molar-refractivity contribution is 5.42. The summed E-state index contributed by atoms with van der Waals surface area (Å²) in [6.07, 6.45) is 0. The van der Waals surface area contributed by atoms with Gasteiger partial charge in [0.05, 0.1) is 25.3 Å². The number of methoxy groups -OCH3 is 1. The number of nitriles is 1. The fourth-order valence-electron chi connectivity index (χ4n) is 2.15. The largest absolute Gasteiger partial charge is 0.496 e. The Morgan fingerprint density at radius 2 is 2.05 bits per heavy atom.